The molecule has 146 valence electrons. The zero-order chi connectivity index (χ0) is 20.5. The second-order valence-corrected chi connectivity index (χ2v) is 6.32. The molecule has 0 spiro atoms. The first kappa shape index (κ1) is 20.1. The fraction of sp³-hybridized carbons (Fsp3) is 0.143. The Morgan fingerprint density at radius 2 is 1.97 bits per heavy atom. The number of rotatable bonds is 8. The number of anilines is 1. The second-order valence-electron chi connectivity index (χ2n) is 5.95. The summed E-state index contributed by atoms with van der Waals surface area (Å²) in [5, 5.41) is 13.4. The number of nitriles is 1. The molecule has 8 heteroatoms. The molecule has 3 aromatic rings. The van der Waals surface area contributed by atoms with Gasteiger partial charge in [-0.3, -0.25) is 9.78 Å². The third-order valence-electron chi connectivity index (χ3n) is 3.89. The van der Waals surface area contributed by atoms with Gasteiger partial charge >= 0.3 is 0 Å². The highest BCUT2D eigenvalue weighted by Crippen LogP contribution is 2.19. The van der Waals surface area contributed by atoms with Gasteiger partial charge in [-0.1, -0.05) is 30.3 Å². The van der Waals surface area contributed by atoms with Gasteiger partial charge in [-0.15, -0.1) is 11.6 Å². The highest BCUT2D eigenvalue weighted by Gasteiger charge is 2.12. The SMILES string of the molecule is N#Cc1c(-c2ccccc2)nc(NN=Cc2ccc(OCCCCl)cc2)[nH]c1=O. The molecule has 29 heavy (non-hydrogen) atoms. The minimum absolute atomic E-state index is 0.0458. The van der Waals surface area contributed by atoms with Crippen LogP contribution in [-0.4, -0.2) is 28.7 Å². The quantitative estimate of drug-likeness (QED) is 0.256. The average molecular weight is 408 g/mol. The summed E-state index contributed by atoms with van der Waals surface area (Å²) in [6, 6.07) is 18.3. The van der Waals surface area contributed by atoms with E-state index >= 15 is 0 Å². The second kappa shape index (κ2) is 10.1. The van der Waals surface area contributed by atoms with Crippen LogP contribution in [0.2, 0.25) is 0 Å². The van der Waals surface area contributed by atoms with Crippen LogP contribution in [0.3, 0.4) is 0 Å². The van der Waals surface area contributed by atoms with Crippen molar-refractivity contribution in [1.29, 1.82) is 5.26 Å². The molecule has 0 saturated carbocycles. The minimum atomic E-state index is -0.530. The Bertz CT molecular complexity index is 1070. The molecule has 7 nitrogen and oxygen atoms in total. The van der Waals surface area contributed by atoms with Crippen LogP contribution in [0.1, 0.15) is 17.5 Å². The zero-order valence-corrected chi connectivity index (χ0v) is 16.2. The number of aromatic nitrogens is 2. The molecule has 0 aliphatic heterocycles. The Labute approximate surface area is 172 Å². The fourth-order valence-electron chi connectivity index (χ4n) is 2.50. The predicted octanol–water partition coefficient (Wildman–Crippen LogP) is 3.76. The largest absolute Gasteiger partial charge is 0.494 e. The van der Waals surface area contributed by atoms with Crippen LogP contribution in [-0.2, 0) is 0 Å². The predicted molar refractivity (Wildman–Crippen MR) is 113 cm³/mol. The summed E-state index contributed by atoms with van der Waals surface area (Å²) in [6.07, 6.45) is 2.37. The summed E-state index contributed by atoms with van der Waals surface area (Å²) in [5.74, 6) is 1.46. The molecular formula is C21H18ClN5O2. The topological polar surface area (TPSA) is 103 Å². The van der Waals surface area contributed by atoms with E-state index in [2.05, 4.69) is 20.5 Å². The molecule has 0 unspecified atom stereocenters. The maximum atomic E-state index is 12.2. The van der Waals surface area contributed by atoms with E-state index in [0.29, 0.717) is 23.7 Å². The Morgan fingerprint density at radius 3 is 2.66 bits per heavy atom. The van der Waals surface area contributed by atoms with E-state index in [4.69, 9.17) is 16.3 Å². The van der Waals surface area contributed by atoms with Gasteiger partial charge in [0.1, 0.15) is 17.4 Å². The van der Waals surface area contributed by atoms with Crippen molar-refractivity contribution in [1.82, 2.24) is 9.97 Å². The number of hydrogen-bond donors (Lipinski definition) is 2. The van der Waals surface area contributed by atoms with Crippen molar-refractivity contribution in [2.24, 2.45) is 5.10 Å². The van der Waals surface area contributed by atoms with Crippen LogP contribution in [0.25, 0.3) is 11.3 Å². The highest BCUT2D eigenvalue weighted by atomic mass is 35.5. The fourth-order valence-corrected chi connectivity index (χ4v) is 2.61. The molecule has 2 N–H and O–H groups in total. The number of hydrazone groups is 1. The number of ether oxygens (including phenoxy) is 1. The van der Waals surface area contributed by atoms with Crippen LogP contribution in [0, 0.1) is 11.3 Å². The summed E-state index contributed by atoms with van der Waals surface area (Å²) >= 11 is 5.62. The molecule has 0 saturated heterocycles. The van der Waals surface area contributed by atoms with Crippen LogP contribution in [0.5, 0.6) is 5.75 Å². The zero-order valence-electron chi connectivity index (χ0n) is 15.4. The van der Waals surface area contributed by atoms with Crippen molar-refractivity contribution in [2.45, 2.75) is 6.42 Å². The molecule has 0 amide bonds. The number of hydrogen-bond acceptors (Lipinski definition) is 6. The van der Waals surface area contributed by atoms with Crippen molar-refractivity contribution in [3.63, 3.8) is 0 Å². The van der Waals surface area contributed by atoms with Gasteiger partial charge < -0.3 is 4.74 Å². The molecule has 3 rings (SSSR count). The molecule has 0 aliphatic rings. The highest BCUT2D eigenvalue weighted by molar-refractivity contribution is 6.17. The summed E-state index contributed by atoms with van der Waals surface area (Å²) < 4.78 is 5.54. The van der Waals surface area contributed by atoms with E-state index in [9.17, 15) is 10.1 Å². The van der Waals surface area contributed by atoms with E-state index in [1.54, 1.807) is 18.3 Å². The standard InChI is InChI=1S/C21H18ClN5O2/c22-11-4-12-29-17-9-7-15(8-10-17)14-24-27-21-25-19(16-5-2-1-3-6-16)18(13-23)20(28)26-21/h1-3,5-10,14H,4,11-12H2,(H2,25,26,27,28). The van der Waals surface area contributed by atoms with E-state index in [-0.39, 0.29) is 11.5 Å². The van der Waals surface area contributed by atoms with Crippen LogP contribution in [0.15, 0.2) is 64.5 Å². The Balaban J connectivity index is 1.73. The third-order valence-corrected chi connectivity index (χ3v) is 4.16. The first-order chi connectivity index (χ1) is 14.2. The summed E-state index contributed by atoms with van der Waals surface area (Å²) in [7, 11) is 0. The number of halogens is 1. The van der Waals surface area contributed by atoms with Crippen LogP contribution >= 0.6 is 11.6 Å². The lowest BCUT2D eigenvalue weighted by atomic mass is 10.1. The molecule has 0 aliphatic carbocycles. The van der Waals surface area contributed by atoms with Gasteiger partial charge in [0.05, 0.1) is 18.5 Å². The molecule has 0 bridgehead atoms. The molecule has 0 radical (unpaired) electrons. The Hall–Kier alpha value is -3.63. The number of nitrogens with one attached hydrogen (secondary N) is 2. The van der Waals surface area contributed by atoms with Crippen LogP contribution < -0.4 is 15.7 Å². The first-order valence-corrected chi connectivity index (χ1v) is 9.42. The van der Waals surface area contributed by atoms with Crippen molar-refractivity contribution in [3.05, 3.63) is 76.1 Å². The number of alkyl halides is 1. The number of nitrogens with zero attached hydrogens (tertiary/aromatic N) is 3. The van der Waals surface area contributed by atoms with Gasteiger partial charge in [-0.05, 0) is 36.2 Å². The van der Waals surface area contributed by atoms with Crippen molar-refractivity contribution in [3.8, 4) is 23.1 Å². The van der Waals surface area contributed by atoms with E-state index < -0.39 is 5.56 Å². The van der Waals surface area contributed by atoms with Crippen molar-refractivity contribution < 1.29 is 4.74 Å². The number of aromatic amines is 1. The van der Waals surface area contributed by atoms with Crippen LogP contribution in [0.4, 0.5) is 5.95 Å². The summed E-state index contributed by atoms with van der Waals surface area (Å²) in [5.41, 5.74) is 3.93. The molecular weight excluding hydrogens is 390 g/mol. The Morgan fingerprint density at radius 1 is 1.21 bits per heavy atom. The molecule has 0 atom stereocenters. The Kier molecular flexibility index (Phi) is 6.98. The maximum Gasteiger partial charge on any atom is 0.270 e. The number of H-pyrrole nitrogens is 1. The maximum absolute atomic E-state index is 12.2. The third kappa shape index (κ3) is 5.43. The van der Waals surface area contributed by atoms with Gasteiger partial charge in [0.2, 0.25) is 5.95 Å². The van der Waals surface area contributed by atoms with Gasteiger partial charge in [0, 0.05) is 11.4 Å². The lowest BCUT2D eigenvalue weighted by Gasteiger charge is -2.06. The monoisotopic (exact) mass is 407 g/mol. The molecule has 1 aromatic heterocycles. The van der Waals surface area contributed by atoms with Crippen molar-refractivity contribution in [2.75, 3.05) is 17.9 Å². The van der Waals surface area contributed by atoms with Gasteiger partial charge in [-0.25, -0.2) is 10.4 Å². The van der Waals surface area contributed by atoms with E-state index in [0.717, 1.165) is 17.7 Å². The van der Waals surface area contributed by atoms with E-state index in [1.165, 1.54) is 0 Å². The summed E-state index contributed by atoms with van der Waals surface area (Å²) in [4.78, 5) is 19.1. The smallest absolute Gasteiger partial charge is 0.270 e. The van der Waals surface area contributed by atoms with Crippen molar-refractivity contribution >= 4 is 23.8 Å². The normalized spacial score (nSPS) is 10.6. The molecule has 1 heterocycles. The van der Waals surface area contributed by atoms with Gasteiger partial charge in [0.15, 0.2) is 0 Å². The average Bonchev–Trinajstić information content (AvgIpc) is 2.75. The molecule has 0 fully saturated rings. The van der Waals surface area contributed by atoms with Gasteiger partial charge in [0.25, 0.3) is 5.56 Å². The van der Waals surface area contributed by atoms with E-state index in [1.807, 2.05) is 48.5 Å². The number of benzene rings is 2. The molecule has 2 aromatic carbocycles. The first-order valence-electron chi connectivity index (χ1n) is 8.89. The minimum Gasteiger partial charge on any atom is -0.494 e. The lowest BCUT2D eigenvalue weighted by Crippen LogP contribution is -2.16. The van der Waals surface area contributed by atoms with Gasteiger partial charge in [-0.2, -0.15) is 10.4 Å². The summed E-state index contributed by atoms with van der Waals surface area (Å²) in [6.45, 7) is 0.569. The lowest BCUT2D eigenvalue weighted by molar-refractivity contribution is 0.318.